The van der Waals surface area contributed by atoms with Gasteiger partial charge in [-0.25, -0.2) is 9.37 Å². The van der Waals surface area contributed by atoms with E-state index in [1.54, 1.807) is 18.3 Å². The van der Waals surface area contributed by atoms with Gasteiger partial charge < -0.3 is 4.42 Å². The van der Waals surface area contributed by atoms with Crippen molar-refractivity contribution in [3.8, 4) is 0 Å². The van der Waals surface area contributed by atoms with Gasteiger partial charge in [-0.2, -0.15) is 0 Å². The van der Waals surface area contributed by atoms with E-state index in [1.165, 1.54) is 6.07 Å². The quantitative estimate of drug-likeness (QED) is 0.910. The van der Waals surface area contributed by atoms with Crippen LogP contribution < -0.4 is 5.32 Å². The molecule has 2 unspecified atom stereocenters. The van der Waals surface area contributed by atoms with Gasteiger partial charge in [0, 0.05) is 16.1 Å². The van der Waals surface area contributed by atoms with Crippen LogP contribution in [0.4, 0.5) is 4.39 Å². The summed E-state index contributed by atoms with van der Waals surface area (Å²) < 4.78 is 20.1. The lowest BCUT2D eigenvalue weighted by Gasteiger charge is -2.19. The van der Waals surface area contributed by atoms with Gasteiger partial charge in [-0.15, -0.1) is 0 Å². The molecule has 1 aromatic carbocycles. The predicted molar refractivity (Wildman–Crippen MR) is 75.3 cm³/mol. The average Bonchev–Trinajstić information content (AvgIpc) is 2.79. The summed E-state index contributed by atoms with van der Waals surface area (Å²) in [6, 6.07) is 4.70. The molecule has 3 nitrogen and oxygen atoms in total. The number of oxazole rings is 1. The van der Waals surface area contributed by atoms with Crippen molar-refractivity contribution in [3.63, 3.8) is 0 Å². The third-order valence-electron chi connectivity index (χ3n) is 2.93. The Morgan fingerprint density at radius 1 is 1.32 bits per heavy atom. The number of hydrogen-bond acceptors (Lipinski definition) is 3. The maximum atomic E-state index is 13.8. The van der Waals surface area contributed by atoms with Crippen molar-refractivity contribution in [2.75, 3.05) is 0 Å². The van der Waals surface area contributed by atoms with Gasteiger partial charge in [-0.1, -0.05) is 15.9 Å². The maximum absolute atomic E-state index is 13.8. The molecule has 2 rings (SSSR count). The second-order valence-electron chi connectivity index (χ2n) is 4.59. The number of aromatic nitrogens is 1. The van der Waals surface area contributed by atoms with Crippen LogP contribution in [0.5, 0.6) is 0 Å². The van der Waals surface area contributed by atoms with E-state index in [1.807, 2.05) is 20.8 Å². The van der Waals surface area contributed by atoms with Gasteiger partial charge in [0.05, 0.1) is 12.2 Å². The molecule has 0 aliphatic rings. The minimum atomic E-state index is -0.223. The molecule has 0 fully saturated rings. The molecule has 5 heteroatoms. The molecule has 0 aliphatic carbocycles. The Morgan fingerprint density at radius 3 is 2.68 bits per heavy atom. The van der Waals surface area contributed by atoms with Gasteiger partial charge in [0.2, 0.25) is 5.89 Å². The lowest BCUT2D eigenvalue weighted by molar-refractivity contribution is 0.376. The monoisotopic (exact) mass is 326 g/mol. The van der Waals surface area contributed by atoms with E-state index in [2.05, 4.69) is 26.2 Å². The Hall–Kier alpha value is -1.20. The van der Waals surface area contributed by atoms with Crippen molar-refractivity contribution in [2.24, 2.45) is 0 Å². The van der Waals surface area contributed by atoms with Crippen molar-refractivity contribution < 1.29 is 8.81 Å². The van der Waals surface area contributed by atoms with Crippen molar-refractivity contribution in [1.82, 2.24) is 10.3 Å². The van der Waals surface area contributed by atoms with Crippen molar-refractivity contribution in [1.29, 1.82) is 0 Å². The molecule has 2 atom stereocenters. The Balaban J connectivity index is 2.12. The van der Waals surface area contributed by atoms with Crippen LogP contribution in [0.15, 0.2) is 33.3 Å². The number of halogens is 2. The van der Waals surface area contributed by atoms with E-state index in [4.69, 9.17) is 4.42 Å². The van der Waals surface area contributed by atoms with Crippen LogP contribution in [0, 0.1) is 12.7 Å². The van der Waals surface area contributed by atoms with Crippen LogP contribution in [0.25, 0.3) is 0 Å². The predicted octanol–water partition coefficient (Wildman–Crippen LogP) is 4.30. The molecule has 0 radical (unpaired) electrons. The summed E-state index contributed by atoms with van der Waals surface area (Å²) in [5.41, 5.74) is 0.615. The van der Waals surface area contributed by atoms with Crippen LogP contribution >= 0.6 is 15.9 Å². The third kappa shape index (κ3) is 3.42. The molecule has 0 aliphatic heterocycles. The normalized spacial score (nSPS) is 14.4. The Morgan fingerprint density at radius 2 is 2.05 bits per heavy atom. The maximum Gasteiger partial charge on any atom is 0.211 e. The molecule has 102 valence electrons. The fourth-order valence-electron chi connectivity index (χ4n) is 1.95. The standard InChI is InChI=1S/C14H16BrFN2O/c1-8-7-17-14(19-8)10(3)18-9(2)12-6-11(15)4-5-13(12)16/h4-7,9-10,18H,1-3H3. The van der Waals surface area contributed by atoms with Crippen LogP contribution in [-0.4, -0.2) is 4.98 Å². The zero-order valence-electron chi connectivity index (χ0n) is 11.1. The van der Waals surface area contributed by atoms with Crippen molar-refractivity contribution >= 4 is 15.9 Å². The van der Waals surface area contributed by atoms with E-state index in [0.29, 0.717) is 11.5 Å². The van der Waals surface area contributed by atoms with Gasteiger partial charge in [0.25, 0.3) is 0 Å². The molecule has 0 spiro atoms. The summed E-state index contributed by atoms with van der Waals surface area (Å²) in [5.74, 6) is 1.16. The van der Waals surface area contributed by atoms with Crippen LogP contribution in [0.2, 0.25) is 0 Å². The molecule has 19 heavy (non-hydrogen) atoms. The summed E-state index contributed by atoms with van der Waals surface area (Å²) in [6.45, 7) is 5.70. The summed E-state index contributed by atoms with van der Waals surface area (Å²) in [5, 5.41) is 3.28. The topological polar surface area (TPSA) is 38.1 Å². The lowest BCUT2D eigenvalue weighted by atomic mass is 10.1. The SMILES string of the molecule is Cc1cnc(C(C)NC(C)c2cc(Br)ccc2F)o1. The van der Waals surface area contributed by atoms with Crippen LogP contribution in [-0.2, 0) is 0 Å². The van der Waals surface area contributed by atoms with Gasteiger partial charge in [0.1, 0.15) is 11.6 Å². The smallest absolute Gasteiger partial charge is 0.211 e. The highest BCUT2D eigenvalue weighted by molar-refractivity contribution is 9.10. The zero-order valence-corrected chi connectivity index (χ0v) is 12.7. The van der Waals surface area contributed by atoms with E-state index >= 15 is 0 Å². The molecule has 0 saturated heterocycles. The fourth-order valence-corrected chi connectivity index (χ4v) is 2.33. The van der Waals surface area contributed by atoms with Crippen LogP contribution in [0.3, 0.4) is 0 Å². The first-order chi connectivity index (χ1) is 8.97. The summed E-state index contributed by atoms with van der Waals surface area (Å²) in [4.78, 5) is 4.17. The number of benzene rings is 1. The summed E-state index contributed by atoms with van der Waals surface area (Å²) in [6.07, 6.45) is 1.68. The van der Waals surface area contributed by atoms with Crippen LogP contribution in [0.1, 0.15) is 43.1 Å². The van der Waals surface area contributed by atoms with Crippen molar-refractivity contribution in [2.45, 2.75) is 32.9 Å². The Bertz CT molecular complexity index is 570. The molecular weight excluding hydrogens is 311 g/mol. The second kappa shape index (κ2) is 5.84. The van der Waals surface area contributed by atoms with Gasteiger partial charge in [-0.05, 0) is 39.0 Å². The first-order valence-corrected chi connectivity index (χ1v) is 6.90. The summed E-state index contributed by atoms with van der Waals surface area (Å²) >= 11 is 3.35. The molecule has 0 amide bonds. The molecular formula is C14H16BrFN2O. The number of aryl methyl sites for hydroxylation is 1. The average molecular weight is 327 g/mol. The Kier molecular flexibility index (Phi) is 4.37. The van der Waals surface area contributed by atoms with E-state index in [0.717, 1.165) is 10.2 Å². The molecule has 1 heterocycles. The third-order valence-corrected chi connectivity index (χ3v) is 3.43. The van der Waals surface area contributed by atoms with Gasteiger partial charge in [-0.3, -0.25) is 5.32 Å². The highest BCUT2D eigenvalue weighted by Crippen LogP contribution is 2.24. The van der Waals surface area contributed by atoms with Gasteiger partial charge >= 0.3 is 0 Å². The summed E-state index contributed by atoms with van der Waals surface area (Å²) in [7, 11) is 0. The highest BCUT2D eigenvalue weighted by atomic mass is 79.9. The van der Waals surface area contributed by atoms with E-state index in [-0.39, 0.29) is 17.9 Å². The van der Waals surface area contributed by atoms with E-state index in [9.17, 15) is 4.39 Å². The number of rotatable bonds is 4. The molecule has 1 aromatic heterocycles. The number of hydrogen-bond donors (Lipinski definition) is 1. The minimum Gasteiger partial charge on any atom is -0.444 e. The first-order valence-electron chi connectivity index (χ1n) is 6.10. The second-order valence-corrected chi connectivity index (χ2v) is 5.50. The number of nitrogens with one attached hydrogen (secondary N) is 1. The molecule has 2 aromatic rings. The van der Waals surface area contributed by atoms with E-state index < -0.39 is 0 Å². The van der Waals surface area contributed by atoms with Gasteiger partial charge in [0.15, 0.2) is 0 Å². The number of nitrogens with zero attached hydrogens (tertiary/aromatic N) is 1. The first kappa shape index (κ1) is 14.2. The Labute approximate surface area is 120 Å². The lowest BCUT2D eigenvalue weighted by Crippen LogP contribution is -2.23. The zero-order chi connectivity index (χ0) is 14.0. The molecule has 0 saturated carbocycles. The van der Waals surface area contributed by atoms with Crippen molar-refractivity contribution in [3.05, 3.63) is 51.9 Å². The minimum absolute atomic E-state index is 0.0814. The fraction of sp³-hybridized carbons (Fsp3) is 0.357. The molecule has 0 bridgehead atoms. The largest absolute Gasteiger partial charge is 0.444 e. The molecule has 1 N–H and O–H groups in total. The highest BCUT2D eigenvalue weighted by Gasteiger charge is 2.17.